The zero-order chi connectivity index (χ0) is 13.1. The summed E-state index contributed by atoms with van der Waals surface area (Å²) in [4.78, 5) is 4.05. The second-order valence-electron chi connectivity index (χ2n) is 3.88. The first-order valence-electron chi connectivity index (χ1n) is 5.46. The Morgan fingerprint density at radius 1 is 1.50 bits per heavy atom. The van der Waals surface area contributed by atoms with Gasteiger partial charge in [0.25, 0.3) is 5.89 Å². The van der Waals surface area contributed by atoms with Crippen LogP contribution in [0.5, 0.6) is 5.75 Å². The zero-order valence-corrected chi connectivity index (χ0v) is 11.6. The summed E-state index contributed by atoms with van der Waals surface area (Å²) in [5.41, 5.74) is 0.717. The maximum absolute atomic E-state index is 9.65. The highest BCUT2D eigenvalue weighted by Crippen LogP contribution is 2.29. The Balaban J connectivity index is 2.15. The highest BCUT2D eigenvalue weighted by molar-refractivity contribution is 9.10. The summed E-state index contributed by atoms with van der Waals surface area (Å²) in [6, 6.07) is 5.46. The fraction of sp³-hybridized carbons (Fsp3) is 0.333. The van der Waals surface area contributed by atoms with Crippen LogP contribution >= 0.6 is 15.9 Å². The van der Waals surface area contributed by atoms with Crippen molar-refractivity contribution in [3.63, 3.8) is 0 Å². The molecule has 1 atom stereocenters. The molecule has 18 heavy (non-hydrogen) atoms. The minimum atomic E-state index is -0.600. The predicted molar refractivity (Wildman–Crippen MR) is 68.1 cm³/mol. The van der Waals surface area contributed by atoms with Crippen LogP contribution in [0.2, 0.25) is 0 Å². The number of ether oxygens (including phenoxy) is 1. The number of aromatic nitrogens is 2. The van der Waals surface area contributed by atoms with Crippen LogP contribution in [0.1, 0.15) is 30.3 Å². The average Bonchev–Trinajstić information content (AvgIpc) is 2.72. The van der Waals surface area contributed by atoms with Crippen molar-refractivity contribution in [1.82, 2.24) is 10.1 Å². The molecule has 0 aliphatic rings. The Bertz CT molecular complexity index is 540. The van der Waals surface area contributed by atoms with E-state index in [0.29, 0.717) is 17.5 Å². The van der Waals surface area contributed by atoms with Crippen molar-refractivity contribution in [3.05, 3.63) is 40.0 Å². The third kappa shape index (κ3) is 3.08. The topological polar surface area (TPSA) is 68.4 Å². The molecule has 0 aliphatic carbocycles. The lowest BCUT2D eigenvalue weighted by atomic mass is 10.1. The van der Waals surface area contributed by atoms with Gasteiger partial charge in [-0.1, -0.05) is 27.2 Å². The van der Waals surface area contributed by atoms with Crippen molar-refractivity contribution in [2.24, 2.45) is 0 Å². The summed E-state index contributed by atoms with van der Waals surface area (Å²) < 4.78 is 11.4. The van der Waals surface area contributed by atoms with Crippen LogP contribution in [0.4, 0.5) is 0 Å². The van der Waals surface area contributed by atoms with E-state index in [1.54, 1.807) is 19.9 Å². The molecule has 0 aliphatic heterocycles. The van der Waals surface area contributed by atoms with Crippen LogP contribution in [0, 0.1) is 6.92 Å². The zero-order valence-electron chi connectivity index (χ0n) is 10.1. The summed E-state index contributed by atoms with van der Waals surface area (Å²) in [6.45, 7) is 3.61. The van der Waals surface area contributed by atoms with Gasteiger partial charge in [0.05, 0.1) is 6.10 Å². The molecular weight excluding hydrogens is 300 g/mol. The number of aryl methyl sites for hydroxylation is 1. The second kappa shape index (κ2) is 5.49. The van der Waals surface area contributed by atoms with E-state index in [1.165, 1.54) is 0 Å². The molecule has 96 valence electrons. The van der Waals surface area contributed by atoms with Crippen LogP contribution in [-0.4, -0.2) is 15.2 Å². The highest BCUT2D eigenvalue weighted by atomic mass is 79.9. The summed E-state index contributed by atoms with van der Waals surface area (Å²) in [5, 5.41) is 13.3. The fourth-order valence-corrected chi connectivity index (χ4v) is 1.86. The van der Waals surface area contributed by atoms with Gasteiger partial charge in [-0.25, -0.2) is 0 Å². The molecule has 1 N–H and O–H groups in total. The summed E-state index contributed by atoms with van der Waals surface area (Å²) in [6.07, 6.45) is -0.600. The van der Waals surface area contributed by atoms with Crippen LogP contribution in [0.15, 0.2) is 27.2 Å². The molecule has 1 heterocycles. The van der Waals surface area contributed by atoms with Gasteiger partial charge < -0.3 is 14.4 Å². The van der Waals surface area contributed by atoms with E-state index >= 15 is 0 Å². The molecule has 2 rings (SSSR count). The largest absolute Gasteiger partial charge is 0.483 e. The molecule has 1 aromatic heterocycles. The summed E-state index contributed by atoms with van der Waals surface area (Å²) in [5.74, 6) is 1.57. The standard InChI is InChI=1S/C12H13BrN2O3/c1-7(16)10-4-3-9(13)5-11(10)17-6-12-14-8(2)15-18-12/h3-5,7,16H,6H2,1-2H3/t7-/m1/s1. The van der Waals surface area contributed by atoms with Gasteiger partial charge in [-0.15, -0.1) is 0 Å². The van der Waals surface area contributed by atoms with Gasteiger partial charge in [0.1, 0.15) is 5.75 Å². The van der Waals surface area contributed by atoms with Gasteiger partial charge in [0.15, 0.2) is 12.4 Å². The first-order valence-corrected chi connectivity index (χ1v) is 6.25. The van der Waals surface area contributed by atoms with Crippen LogP contribution in [0.25, 0.3) is 0 Å². The van der Waals surface area contributed by atoms with E-state index in [1.807, 2.05) is 12.1 Å². The van der Waals surface area contributed by atoms with E-state index in [-0.39, 0.29) is 6.61 Å². The third-order valence-corrected chi connectivity index (χ3v) is 2.84. The van der Waals surface area contributed by atoms with E-state index in [4.69, 9.17) is 9.26 Å². The van der Waals surface area contributed by atoms with Crippen LogP contribution in [0.3, 0.4) is 0 Å². The molecule has 1 aromatic carbocycles. The van der Waals surface area contributed by atoms with Gasteiger partial charge in [0, 0.05) is 10.0 Å². The normalized spacial score (nSPS) is 12.4. The number of rotatable bonds is 4. The van der Waals surface area contributed by atoms with Crippen molar-refractivity contribution in [2.75, 3.05) is 0 Å². The van der Waals surface area contributed by atoms with Gasteiger partial charge in [-0.05, 0) is 26.0 Å². The molecule has 5 nitrogen and oxygen atoms in total. The minimum Gasteiger partial charge on any atom is -0.483 e. The lowest BCUT2D eigenvalue weighted by Crippen LogP contribution is -2.01. The van der Waals surface area contributed by atoms with E-state index in [9.17, 15) is 5.11 Å². The lowest BCUT2D eigenvalue weighted by Gasteiger charge is -2.12. The Morgan fingerprint density at radius 2 is 2.28 bits per heavy atom. The predicted octanol–water partition coefficient (Wildman–Crippen LogP) is 2.77. The number of hydrogen-bond donors (Lipinski definition) is 1. The lowest BCUT2D eigenvalue weighted by molar-refractivity contribution is 0.185. The number of nitrogens with zero attached hydrogens (tertiary/aromatic N) is 2. The minimum absolute atomic E-state index is 0.178. The quantitative estimate of drug-likeness (QED) is 0.940. The molecule has 0 saturated heterocycles. The highest BCUT2D eigenvalue weighted by Gasteiger charge is 2.11. The van der Waals surface area contributed by atoms with Crippen molar-refractivity contribution < 1.29 is 14.4 Å². The summed E-state index contributed by atoms with van der Waals surface area (Å²) in [7, 11) is 0. The molecular formula is C12H13BrN2O3. The summed E-state index contributed by atoms with van der Waals surface area (Å²) >= 11 is 3.36. The molecule has 0 saturated carbocycles. The third-order valence-electron chi connectivity index (χ3n) is 2.35. The van der Waals surface area contributed by atoms with Gasteiger partial charge in [-0.2, -0.15) is 4.98 Å². The monoisotopic (exact) mass is 312 g/mol. The van der Waals surface area contributed by atoms with Crippen LogP contribution < -0.4 is 4.74 Å². The van der Waals surface area contributed by atoms with Crippen molar-refractivity contribution >= 4 is 15.9 Å². The van der Waals surface area contributed by atoms with Crippen molar-refractivity contribution in [1.29, 1.82) is 0 Å². The fourth-order valence-electron chi connectivity index (χ4n) is 1.52. The Hall–Kier alpha value is -1.40. The molecule has 0 unspecified atom stereocenters. The maximum atomic E-state index is 9.65. The van der Waals surface area contributed by atoms with E-state index in [0.717, 1.165) is 10.0 Å². The van der Waals surface area contributed by atoms with Gasteiger partial charge in [-0.3, -0.25) is 0 Å². The molecule has 0 amide bonds. The smallest absolute Gasteiger partial charge is 0.264 e. The molecule has 0 fully saturated rings. The van der Waals surface area contributed by atoms with E-state index in [2.05, 4.69) is 26.1 Å². The Morgan fingerprint density at radius 3 is 2.89 bits per heavy atom. The van der Waals surface area contributed by atoms with Gasteiger partial charge >= 0.3 is 0 Å². The first kappa shape index (κ1) is 13.0. The maximum Gasteiger partial charge on any atom is 0.264 e. The van der Waals surface area contributed by atoms with Crippen molar-refractivity contribution in [2.45, 2.75) is 26.6 Å². The van der Waals surface area contributed by atoms with E-state index < -0.39 is 6.10 Å². The van der Waals surface area contributed by atoms with Crippen LogP contribution in [-0.2, 0) is 6.61 Å². The molecule has 0 spiro atoms. The van der Waals surface area contributed by atoms with Crippen molar-refractivity contribution in [3.8, 4) is 5.75 Å². The first-order chi connectivity index (χ1) is 8.56. The van der Waals surface area contributed by atoms with Gasteiger partial charge in [0.2, 0.25) is 0 Å². The number of aliphatic hydroxyl groups excluding tert-OH is 1. The molecule has 0 radical (unpaired) electrons. The Labute approximate surface area is 113 Å². The second-order valence-corrected chi connectivity index (χ2v) is 4.80. The number of aliphatic hydroxyl groups is 1. The SMILES string of the molecule is Cc1noc(COc2cc(Br)ccc2[C@@H](C)O)n1. The molecule has 0 bridgehead atoms. The average molecular weight is 313 g/mol. The molecule has 2 aromatic rings. The number of benzene rings is 1. The Kier molecular flexibility index (Phi) is 3.98. The number of hydrogen-bond acceptors (Lipinski definition) is 5. The molecule has 6 heteroatoms. The number of halogens is 1.